The van der Waals surface area contributed by atoms with E-state index in [9.17, 15) is 4.79 Å². The molecule has 1 rings (SSSR count). The summed E-state index contributed by atoms with van der Waals surface area (Å²) in [7, 11) is 0. The highest BCUT2D eigenvalue weighted by Gasteiger charge is 2.10. The van der Waals surface area contributed by atoms with Crippen molar-refractivity contribution in [2.45, 2.75) is 33.2 Å². The second kappa shape index (κ2) is 3.52. The number of hydrogen-bond donors (Lipinski definition) is 0. The standard InChI is InChI=1S/C9H14N2O/c1-4-11-5-8(6-12)9(10-11)7(2)3/h5-7H,4H2,1-3H3. The van der Waals surface area contributed by atoms with Crippen LogP contribution in [0.15, 0.2) is 6.20 Å². The molecule has 0 aromatic carbocycles. The van der Waals surface area contributed by atoms with Gasteiger partial charge in [0.25, 0.3) is 0 Å². The minimum Gasteiger partial charge on any atom is -0.298 e. The quantitative estimate of drug-likeness (QED) is 0.642. The zero-order valence-corrected chi connectivity index (χ0v) is 7.74. The zero-order chi connectivity index (χ0) is 9.14. The maximum Gasteiger partial charge on any atom is 0.153 e. The van der Waals surface area contributed by atoms with Gasteiger partial charge in [0.15, 0.2) is 6.29 Å². The molecule has 0 radical (unpaired) electrons. The molecule has 12 heavy (non-hydrogen) atoms. The maximum absolute atomic E-state index is 10.6. The lowest BCUT2D eigenvalue weighted by molar-refractivity contribution is 0.112. The molecule has 1 heterocycles. The molecule has 0 aliphatic rings. The Labute approximate surface area is 72.4 Å². The molecule has 1 aromatic heterocycles. The van der Waals surface area contributed by atoms with E-state index < -0.39 is 0 Å². The van der Waals surface area contributed by atoms with Gasteiger partial charge in [-0.15, -0.1) is 0 Å². The van der Waals surface area contributed by atoms with Crippen molar-refractivity contribution in [2.75, 3.05) is 0 Å². The van der Waals surface area contributed by atoms with E-state index in [1.165, 1.54) is 0 Å². The summed E-state index contributed by atoms with van der Waals surface area (Å²) < 4.78 is 1.79. The number of aromatic nitrogens is 2. The van der Waals surface area contributed by atoms with Crippen molar-refractivity contribution >= 4 is 6.29 Å². The SMILES string of the molecule is CCn1cc(C=O)c(C(C)C)n1. The highest BCUT2D eigenvalue weighted by molar-refractivity contribution is 5.76. The predicted molar refractivity (Wildman–Crippen MR) is 47.4 cm³/mol. The molecule has 0 bridgehead atoms. The van der Waals surface area contributed by atoms with Crippen LogP contribution in [0.25, 0.3) is 0 Å². The third kappa shape index (κ3) is 1.55. The van der Waals surface area contributed by atoms with Crippen LogP contribution in [0.4, 0.5) is 0 Å². The smallest absolute Gasteiger partial charge is 0.153 e. The molecule has 0 fully saturated rings. The van der Waals surface area contributed by atoms with Crippen molar-refractivity contribution in [3.05, 3.63) is 17.5 Å². The molecule has 1 aromatic rings. The van der Waals surface area contributed by atoms with E-state index in [4.69, 9.17) is 0 Å². The first-order valence-electron chi connectivity index (χ1n) is 4.21. The van der Waals surface area contributed by atoms with Crippen molar-refractivity contribution in [1.29, 1.82) is 0 Å². The van der Waals surface area contributed by atoms with Crippen LogP contribution >= 0.6 is 0 Å². The van der Waals surface area contributed by atoms with Crippen LogP contribution in [0.5, 0.6) is 0 Å². The number of hydrogen-bond acceptors (Lipinski definition) is 2. The van der Waals surface area contributed by atoms with Gasteiger partial charge in [-0.1, -0.05) is 13.8 Å². The van der Waals surface area contributed by atoms with Crippen LogP contribution in [0.1, 0.15) is 42.7 Å². The van der Waals surface area contributed by atoms with Crippen molar-refractivity contribution in [3.63, 3.8) is 0 Å². The lowest BCUT2D eigenvalue weighted by atomic mass is 10.1. The van der Waals surface area contributed by atoms with E-state index >= 15 is 0 Å². The number of carbonyl (C=O) groups is 1. The normalized spacial score (nSPS) is 10.7. The van der Waals surface area contributed by atoms with E-state index in [1.54, 1.807) is 10.9 Å². The molecule has 0 unspecified atom stereocenters. The minimum absolute atomic E-state index is 0.318. The lowest BCUT2D eigenvalue weighted by Crippen LogP contribution is -1.97. The Morgan fingerprint density at radius 1 is 1.67 bits per heavy atom. The van der Waals surface area contributed by atoms with Crippen LogP contribution in [0, 0.1) is 0 Å². The fourth-order valence-corrected chi connectivity index (χ4v) is 1.15. The first-order valence-corrected chi connectivity index (χ1v) is 4.21. The van der Waals surface area contributed by atoms with Gasteiger partial charge in [0.05, 0.1) is 11.3 Å². The van der Waals surface area contributed by atoms with E-state index in [0.717, 1.165) is 18.5 Å². The number of nitrogens with zero attached hydrogens (tertiary/aromatic N) is 2. The van der Waals surface area contributed by atoms with Gasteiger partial charge in [0.1, 0.15) is 0 Å². The number of aryl methyl sites for hydroxylation is 1. The van der Waals surface area contributed by atoms with Crippen LogP contribution in [-0.2, 0) is 6.54 Å². The van der Waals surface area contributed by atoms with Crippen LogP contribution in [-0.4, -0.2) is 16.1 Å². The zero-order valence-electron chi connectivity index (χ0n) is 7.74. The van der Waals surface area contributed by atoms with Gasteiger partial charge in [-0.25, -0.2) is 0 Å². The van der Waals surface area contributed by atoms with E-state index in [-0.39, 0.29) is 0 Å². The molecule has 0 amide bonds. The maximum atomic E-state index is 10.6. The molecule has 0 saturated heterocycles. The molecule has 0 aliphatic carbocycles. The first kappa shape index (κ1) is 8.97. The fourth-order valence-electron chi connectivity index (χ4n) is 1.15. The summed E-state index contributed by atoms with van der Waals surface area (Å²) >= 11 is 0. The summed E-state index contributed by atoms with van der Waals surface area (Å²) in [4.78, 5) is 10.6. The fraction of sp³-hybridized carbons (Fsp3) is 0.556. The highest BCUT2D eigenvalue weighted by atomic mass is 16.1. The van der Waals surface area contributed by atoms with Gasteiger partial charge in [-0.05, 0) is 12.8 Å². The second-order valence-corrected chi connectivity index (χ2v) is 3.10. The van der Waals surface area contributed by atoms with Crippen molar-refractivity contribution in [2.24, 2.45) is 0 Å². The number of aldehydes is 1. The molecule has 0 N–H and O–H groups in total. The van der Waals surface area contributed by atoms with Gasteiger partial charge < -0.3 is 0 Å². The predicted octanol–water partition coefficient (Wildman–Crippen LogP) is 1.84. The van der Waals surface area contributed by atoms with Gasteiger partial charge in [0, 0.05) is 12.7 Å². The summed E-state index contributed by atoms with van der Waals surface area (Å²) in [6, 6.07) is 0. The lowest BCUT2D eigenvalue weighted by Gasteiger charge is -1.99. The summed E-state index contributed by atoms with van der Waals surface area (Å²) in [5, 5.41) is 4.28. The van der Waals surface area contributed by atoms with Gasteiger partial charge in [-0.2, -0.15) is 5.10 Å². The molecule has 0 atom stereocenters. The average molecular weight is 166 g/mol. The summed E-state index contributed by atoms with van der Waals surface area (Å²) in [6.45, 7) is 6.89. The van der Waals surface area contributed by atoms with E-state index in [1.807, 2.05) is 20.8 Å². The Balaban J connectivity index is 3.08. The Bertz CT molecular complexity index is 276. The van der Waals surface area contributed by atoms with Crippen LogP contribution < -0.4 is 0 Å². The second-order valence-electron chi connectivity index (χ2n) is 3.10. The third-order valence-electron chi connectivity index (χ3n) is 1.82. The molecule has 0 aliphatic heterocycles. The van der Waals surface area contributed by atoms with Crippen molar-refractivity contribution < 1.29 is 4.79 Å². The Hall–Kier alpha value is -1.12. The van der Waals surface area contributed by atoms with Crippen LogP contribution in [0.2, 0.25) is 0 Å². The molecule has 3 nitrogen and oxygen atoms in total. The molecule has 66 valence electrons. The topological polar surface area (TPSA) is 34.9 Å². The third-order valence-corrected chi connectivity index (χ3v) is 1.82. The summed E-state index contributed by atoms with van der Waals surface area (Å²) in [6.07, 6.45) is 2.66. The van der Waals surface area contributed by atoms with Crippen molar-refractivity contribution in [3.8, 4) is 0 Å². The molecule has 0 saturated carbocycles. The highest BCUT2D eigenvalue weighted by Crippen LogP contribution is 2.15. The van der Waals surface area contributed by atoms with Crippen LogP contribution in [0.3, 0.4) is 0 Å². The van der Waals surface area contributed by atoms with Gasteiger partial charge in [0.2, 0.25) is 0 Å². The Morgan fingerprint density at radius 2 is 2.33 bits per heavy atom. The summed E-state index contributed by atoms with van der Waals surface area (Å²) in [5.74, 6) is 0.318. The van der Waals surface area contributed by atoms with Gasteiger partial charge >= 0.3 is 0 Å². The van der Waals surface area contributed by atoms with E-state index in [0.29, 0.717) is 11.5 Å². The monoisotopic (exact) mass is 166 g/mol. The van der Waals surface area contributed by atoms with Gasteiger partial charge in [-0.3, -0.25) is 9.48 Å². The molecule has 0 spiro atoms. The minimum atomic E-state index is 0.318. The Morgan fingerprint density at radius 3 is 2.67 bits per heavy atom. The number of carbonyl (C=O) groups excluding carboxylic acids is 1. The van der Waals surface area contributed by atoms with E-state index in [2.05, 4.69) is 5.10 Å². The number of rotatable bonds is 3. The molecular weight excluding hydrogens is 152 g/mol. The Kier molecular flexibility index (Phi) is 2.63. The average Bonchev–Trinajstić information content (AvgIpc) is 2.47. The summed E-state index contributed by atoms with van der Waals surface area (Å²) in [5.41, 5.74) is 1.61. The largest absolute Gasteiger partial charge is 0.298 e. The first-order chi connectivity index (χ1) is 5.69. The molecular formula is C9H14N2O. The molecule has 3 heteroatoms. The van der Waals surface area contributed by atoms with Crippen molar-refractivity contribution in [1.82, 2.24) is 9.78 Å².